The highest BCUT2D eigenvalue weighted by molar-refractivity contribution is 6.04. The Morgan fingerprint density at radius 1 is 1.20 bits per heavy atom. The number of non-ortho nitro benzene ring substituents is 1. The fourth-order valence-corrected chi connectivity index (χ4v) is 1.99. The van der Waals surface area contributed by atoms with Crippen LogP contribution in [-0.2, 0) is 4.74 Å². The van der Waals surface area contributed by atoms with Gasteiger partial charge in [0.25, 0.3) is 11.6 Å². The number of aryl methyl sites for hydroxylation is 1. The first-order valence-electron chi connectivity index (χ1n) is 7.52. The molecule has 0 unspecified atom stereocenters. The second-order valence-corrected chi connectivity index (χ2v) is 5.57. The molecule has 1 amide bonds. The van der Waals surface area contributed by atoms with Crippen molar-refractivity contribution in [2.75, 3.05) is 5.32 Å². The van der Waals surface area contributed by atoms with Crippen molar-refractivity contribution in [3.05, 3.63) is 63.5 Å². The molecule has 0 bridgehead atoms. The molecule has 8 nitrogen and oxygen atoms in total. The Morgan fingerprint density at radius 3 is 2.52 bits per heavy atom. The van der Waals surface area contributed by atoms with Gasteiger partial charge >= 0.3 is 5.97 Å². The largest absolute Gasteiger partial charge is 0.458 e. The predicted molar refractivity (Wildman–Crippen MR) is 90.6 cm³/mol. The third kappa shape index (κ3) is 4.60. The number of nitro groups is 1. The minimum Gasteiger partial charge on any atom is -0.458 e. The maximum Gasteiger partial charge on any atom is 0.357 e. The van der Waals surface area contributed by atoms with E-state index in [1.807, 2.05) is 0 Å². The Labute approximate surface area is 144 Å². The van der Waals surface area contributed by atoms with Crippen LogP contribution < -0.4 is 5.32 Å². The number of esters is 1. The number of nitrogens with one attached hydrogen (secondary N) is 1. The molecule has 0 radical (unpaired) electrons. The van der Waals surface area contributed by atoms with Gasteiger partial charge in [-0.1, -0.05) is 12.1 Å². The first kappa shape index (κ1) is 18.1. The van der Waals surface area contributed by atoms with E-state index in [0.717, 1.165) is 0 Å². The number of hydrogen-bond donors (Lipinski definition) is 1. The van der Waals surface area contributed by atoms with E-state index >= 15 is 0 Å². The lowest BCUT2D eigenvalue weighted by Gasteiger charge is -2.10. The Bertz CT molecular complexity index is 833. The summed E-state index contributed by atoms with van der Waals surface area (Å²) in [5, 5.41) is 13.4. The monoisotopic (exact) mass is 343 g/mol. The van der Waals surface area contributed by atoms with E-state index in [-0.39, 0.29) is 23.2 Å². The Morgan fingerprint density at radius 2 is 1.88 bits per heavy atom. The molecular formula is C17H17N3O5. The highest BCUT2D eigenvalue weighted by Crippen LogP contribution is 2.22. The number of ether oxygens (including phenoxy) is 1. The van der Waals surface area contributed by atoms with E-state index in [1.54, 1.807) is 20.8 Å². The summed E-state index contributed by atoms with van der Waals surface area (Å²) in [6.07, 6.45) is -0.306. The lowest BCUT2D eigenvalue weighted by atomic mass is 10.1. The maximum absolute atomic E-state index is 12.3. The molecule has 0 aliphatic heterocycles. The molecule has 1 aromatic heterocycles. The van der Waals surface area contributed by atoms with Gasteiger partial charge in [-0.15, -0.1) is 0 Å². The average molecular weight is 343 g/mol. The van der Waals surface area contributed by atoms with Crippen LogP contribution >= 0.6 is 0 Å². The highest BCUT2D eigenvalue weighted by atomic mass is 16.6. The molecule has 1 aromatic carbocycles. The number of hydrogen-bond acceptors (Lipinski definition) is 6. The number of aromatic nitrogens is 1. The lowest BCUT2D eigenvalue weighted by Crippen LogP contribution is -2.18. The van der Waals surface area contributed by atoms with Crippen LogP contribution in [0.1, 0.15) is 40.4 Å². The normalized spacial score (nSPS) is 10.4. The van der Waals surface area contributed by atoms with E-state index in [2.05, 4.69) is 10.3 Å². The van der Waals surface area contributed by atoms with Crippen molar-refractivity contribution in [3.63, 3.8) is 0 Å². The van der Waals surface area contributed by atoms with Crippen molar-refractivity contribution >= 4 is 23.3 Å². The fourth-order valence-electron chi connectivity index (χ4n) is 1.99. The Hall–Kier alpha value is -3.29. The molecule has 0 aliphatic carbocycles. The third-order valence-corrected chi connectivity index (χ3v) is 3.21. The van der Waals surface area contributed by atoms with Gasteiger partial charge in [-0.2, -0.15) is 0 Å². The van der Waals surface area contributed by atoms with Crippen molar-refractivity contribution in [2.24, 2.45) is 0 Å². The van der Waals surface area contributed by atoms with Crippen molar-refractivity contribution in [1.82, 2.24) is 4.98 Å². The molecule has 2 aromatic rings. The molecule has 0 aliphatic rings. The SMILES string of the molecule is Cc1ccc([N+](=O)[O-])cc1NC(=O)c1cccc(C(=O)OC(C)C)n1. The van der Waals surface area contributed by atoms with Gasteiger partial charge in [0.15, 0.2) is 0 Å². The molecule has 25 heavy (non-hydrogen) atoms. The summed E-state index contributed by atoms with van der Waals surface area (Å²) >= 11 is 0. The zero-order valence-electron chi connectivity index (χ0n) is 14.0. The first-order chi connectivity index (χ1) is 11.8. The van der Waals surface area contributed by atoms with E-state index in [1.165, 1.54) is 36.4 Å². The number of anilines is 1. The number of benzene rings is 1. The van der Waals surface area contributed by atoms with Crippen LogP contribution in [0, 0.1) is 17.0 Å². The quantitative estimate of drug-likeness (QED) is 0.507. The lowest BCUT2D eigenvalue weighted by molar-refractivity contribution is -0.384. The third-order valence-electron chi connectivity index (χ3n) is 3.21. The van der Waals surface area contributed by atoms with Crippen LogP contribution in [0.4, 0.5) is 11.4 Å². The molecule has 0 saturated carbocycles. The summed E-state index contributed by atoms with van der Waals surface area (Å²) in [4.78, 5) is 38.5. The summed E-state index contributed by atoms with van der Waals surface area (Å²) < 4.78 is 5.04. The van der Waals surface area contributed by atoms with Crippen molar-refractivity contribution in [3.8, 4) is 0 Å². The van der Waals surface area contributed by atoms with Gasteiger partial charge in [-0.05, 0) is 38.5 Å². The van der Waals surface area contributed by atoms with Crippen molar-refractivity contribution in [2.45, 2.75) is 26.9 Å². The molecule has 1 N–H and O–H groups in total. The smallest absolute Gasteiger partial charge is 0.357 e. The van der Waals surface area contributed by atoms with Gasteiger partial charge < -0.3 is 10.1 Å². The van der Waals surface area contributed by atoms with Gasteiger partial charge in [-0.25, -0.2) is 9.78 Å². The standard InChI is InChI=1S/C17H17N3O5/c1-10(2)25-17(22)14-6-4-5-13(18-14)16(21)19-15-9-12(20(23)24)8-7-11(15)3/h4-10H,1-3H3,(H,19,21). The van der Waals surface area contributed by atoms with Gasteiger partial charge in [0.1, 0.15) is 11.4 Å². The first-order valence-corrected chi connectivity index (χ1v) is 7.52. The molecular weight excluding hydrogens is 326 g/mol. The molecule has 0 saturated heterocycles. The van der Waals surface area contributed by atoms with Crippen LogP contribution in [0.25, 0.3) is 0 Å². The number of rotatable bonds is 5. The number of carbonyl (C=O) groups excluding carboxylic acids is 2. The second kappa shape index (κ2) is 7.52. The Kier molecular flexibility index (Phi) is 5.43. The molecule has 0 spiro atoms. The molecule has 130 valence electrons. The highest BCUT2D eigenvalue weighted by Gasteiger charge is 2.16. The van der Waals surface area contributed by atoms with E-state index in [0.29, 0.717) is 11.3 Å². The van der Waals surface area contributed by atoms with Crippen LogP contribution in [0.2, 0.25) is 0 Å². The fraction of sp³-hybridized carbons (Fsp3) is 0.235. The van der Waals surface area contributed by atoms with E-state index < -0.39 is 16.8 Å². The molecule has 0 atom stereocenters. The summed E-state index contributed by atoms with van der Waals surface area (Å²) in [6.45, 7) is 5.13. The van der Waals surface area contributed by atoms with Crippen molar-refractivity contribution < 1.29 is 19.2 Å². The Balaban J connectivity index is 2.23. The maximum atomic E-state index is 12.3. The summed E-state index contributed by atoms with van der Waals surface area (Å²) in [5.74, 6) is -1.21. The van der Waals surface area contributed by atoms with Gasteiger partial charge in [-0.3, -0.25) is 14.9 Å². The number of carbonyl (C=O) groups is 2. The molecule has 0 fully saturated rings. The van der Waals surface area contributed by atoms with Gasteiger partial charge in [0.05, 0.1) is 16.7 Å². The van der Waals surface area contributed by atoms with E-state index in [9.17, 15) is 19.7 Å². The topological polar surface area (TPSA) is 111 Å². The zero-order chi connectivity index (χ0) is 18.6. The summed E-state index contributed by atoms with van der Waals surface area (Å²) in [5.41, 5.74) is 0.842. The molecule has 2 rings (SSSR count). The average Bonchev–Trinajstić information content (AvgIpc) is 2.56. The summed E-state index contributed by atoms with van der Waals surface area (Å²) in [6, 6.07) is 8.56. The zero-order valence-corrected chi connectivity index (χ0v) is 14.0. The molecule has 1 heterocycles. The minimum absolute atomic E-state index is 0.00381. The number of amides is 1. The van der Waals surface area contributed by atoms with E-state index in [4.69, 9.17) is 4.74 Å². The minimum atomic E-state index is -0.629. The number of pyridine rings is 1. The van der Waals surface area contributed by atoms with Crippen LogP contribution in [0.15, 0.2) is 36.4 Å². The summed E-state index contributed by atoms with van der Waals surface area (Å²) in [7, 11) is 0. The number of nitrogens with zero attached hydrogens (tertiary/aromatic N) is 2. The van der Waals surface area contributed by atoms with Crippen LogP contribution in [0.5, 0.6) is 0 Å². The van der Waals surface area contributed by atoms with Gasteiger partial charge in [0.2, 0.25) is 0 Å². The molecule has 8 heteroatoms. The van der Waals surface area contributed by atoms with Crippen LogP contribution in [-0.4, -0.2) is 27.9 Å². The van der Waals surface area contributed by atoms with Crippen molar-refractivity contribution in [1.29, 1.82) is 0 Å². The predicted octanol–water partition coefficient (Wildman–Crippen LogP) is 3.12. The van der Waals surface area contributed by atoms with Crippen LogP contribution in [0.3, 0.4) is 0 Å². The second-order valence-electron chi connectivity index (χ2n) is 5.57. The number of nitro benzene ring substituents is 1. The van der Waals surface area contributed by atoms with Gasteiger partial charge in [0, 0.05) is 12.1 Å².